The standard InChI is InChI=1S/C23H39N5O/c1-18-14-22(10-11-27(18)16-21-8-6-5-7-9-21)26-23(24-4)25-15-19(2)28-12-13-29-17-20(28)3/h5-9,18-20,22H,10-17H2,1-4H3,(H2,24,25,26). The maximum Gasteiger partial charge on any atom is 0.191 e. The van der Waals surface area contributed by atoms with E-state index in [1.807, 2.05) is 7.05 Å². The van der Waals surface area contributed by atoms with Gasteiger partial charge in [0, 0.05) is 57.4 Å². The number of piperidine rings is 1. The smallest absolute Gasteiger partial charge is 0.191 e. The highest BCUT2D eigenvalue weighted by atomic mass is 16.5. The van der Waals surface area contributed by atoms with Crippen LogP contribution >= 0.6 is 0 Å². The van der Waals surface area contributed by atoms with Gasteiger partial charge in [0.15, 0.2) is 5.96 Å². The summed E-state index contributed by atoms with van der Waals surface area (Å²) in [6, 6.07) is 12.8. The van der Waals surface area contributed by atoms with E-state index in [0.29, 0.717) is 24.2 Å². The minimum absolute atomic E-state index is 0.457. The molecule has 2 aliphatic heterocycles. The number of benzene rings is 1. The Labute approximate surface area is 176 Å². The van der Waals surface area contributed by atoms with Crippen LogP contribution in [0.4, 0.5) is 0 Å². The Morgan fingerprint density at radius 3 is 2.69 bits per heavy atom. The summed E-state index contributed by atoms with van der Waals surface area (Å²) in [4.78, 5) is 9.58. The first kappa shape index (κ1) is 22.1. The Kier molecular flexibility index (Phi) is 8.33. The number of ether oxygens (including phenoxy) is 1. The molecule has 6 nitrogen and oxygen atoms in total. The van der Waals surface area contributed by atoms with Crippen molar-refractivity contribution in [2.45, 2.75) is 64.3 Å². The molecule has 0 spiro atoms. The lowest BCUT2D eigenvalue weighted by Gasteiger charge is -2.39. The Morgan fingerprint density at radius 2 is 2.00 bits per heavy atom. The van der Waals surface area contributed by atoms with Crippen molar-refractivity contribution >= 4 is 5.96 Å². The molecule has 0 saturated carbocycles. The van der Waals surface area contributed by atoms with E-state index < -0.39 is 0 Å². The molecule has 0 amide bonds. The van der Waals surface area contributed by atoms with Crippen LogP contribution in [-0.2, 0) is 11.3 Å². The first-order valence-electron chi connectivity index (χ1n) is 11.2. The van der Waals surface area contributed by atoms with Crippen LogP contribution in [0.5, 0.6) is 0 Å². The lowest BCUT2D eigenvalue weighted by atomic mass is 9.97. The van der Waals surface area contributed by atoms with Gasteiger partial charge in [-0.2, -0.15) is 0 Å². The molecule has 29 heavy (non-hydrogen) atoms. The van der Waals surface area contributed by atoms with Crippen molar-refractivity contribution in [3.63, 3.8) is 0 Å². The third-order valence-corrected chi connectivity index (χ3v) is 6.36. The first-order chi connectivity index (χ1) is 14.1. The van der Waals surface area contributed by atoms with Gasteiger partial charge in [-0.05, 0) is 39.2 Å². The Morgan fingerprint density at radius 1 is 1.21 bits per heavy atom. The van der Waals surface area contributed by atoms with Crippen molar-refractivity contribution < 1.29 is 4.74 Å². The summed E-state index contributed by atoms with van der Waals surface area (Å²) in [6.45, 7) is 12.6. The van der Waals surface area contributed by atoms with Gasteiger partial charge in [0.1, 0.15) is 0 Å². The molecule has 162 valence electrons. The molecular formula is C23H39N5O. The second-order valence-corrected chi connectivity index (χ2v) is 8.63. The monoisotopic (exact) mass is 401 g/mol. The summed E-state index contributed by atoms with van der Waals surface area (Å²) < 4.78 is 5.56. The highest BCUT2D eigenvalue weighted by molar-refractivity contribution is 5.80. The molecule has 4 atom stereocenters. The number of likely N-dealkylation sites (tertiary alicyclic amines) is 1. The van der Waals surface area contributed by atoms with Gasteiger partial charge in [0.05, 0.1) is 13.2 Å². The van der Waals surface area contributed by atoms with Gasteiger partial charge in [0.25, 0.3) is 0 Å². The molecule has 0 radical (unpaired) electrons. The fraction of sp³-hybridized carbons (Fsp3) is 0.696. The normalized spacial score (nSPS) is 28.1. The van der Waals surface area contributed by atoms with Crippen LogP contribution in [0.15, 0.2) is 35.3 Å². The van der Waals surface area contributed by atoms with E-state index in [1.165, 1.54) is 5.56 Å². The van der Waals surface area contributed by atoms with Crippen molar-refractivity contribution in [1.82, 2.24) is 20.4 Å². The summed E-state index contributed by atoms with van der Waals surface area (Å²) in [6.07, 6.45) is 2.29. The summed E-state index contributed by atoms with van der Waals surface area (Å²) >= 11 is 0. The average Bonchev–Trinajstić information content (AvgIpc) is 2.74. The molecule has 0 aliphatic carbocycles. The topological polar surface area (TPSA) is 52.1 Å². The molecule has 3 rings (SSSR count). The van der Waals surface area contributed by atoms with E-state index in [1.54, 1.807) is 0 Å². The fourth-order valence-corrected chi connectivity index (χ4v) is 4.55. The number of aliphatic imine (C=N–C) groups is 1. The van der Waals surface area contributed by atoms with Gasteiger partial charge >= 0.3 is 0 Å². The third kappa shape index (κ3) is 6.43. The molecule has 2 N–H and O–H groups in total. The summed E-state index contributed by atoms with van der Waals surface area (Å²) in [5.41, 5.74) is 1.40. The van der Waals surface area contributed by atoms with Crippen LogP contribution in [0.1, 0.15) is 39.2 Å². The van der Waals surface area contributed by atoms with Gasteiger partial charge in [-0.25, -0.2) is 0 Å². The first-order valence-corrected chi connectivity index (χ1v) is 11.2. The zero-order valence-corrected chi connectivity index (χ0v) is 18.6. The molecule has 0 bridgehead atoms. The fourth-order valence-electron chi connectivity index (χ4n) is 4.55. The molecule has 2 heterocycles. The number of hydrogen-bond acceptors (Lipinski definition) is 4. The van der Waals surface area contributed by atoms with Crippen LogP contribution in [0.25, 0.3) is 0 Å². The number of rotatable bonds is 6. The average molecular weight is 402 g/mol. The second-order valence-electron chi connectivity index (χ2n) is 8.63. The van der Waals surface area contributed by atoms with Crippen molar-refractivity contribution in [3.05, 3.63) is 35.9 Å². The minimum Gasteiger partial charge on any atom is -0.379 e. The number of hydrogen-bond donors (Lipinski definition) is 2. The molecule has 1 aromatic rings. The van der Waals surface area contributed by atoms with E-state index in [2.05, 4.69) is 76.5 Å². The molecule has 6 heteroatoms. The summed E-state index contributed by atoms with van der Waals surface area (Å²) in [5.74, 6) is 0.923. The van der Waals surface area contributed by atoms with Gasteiger partial charge in [0.2, 0.25) is 0 Å². The van der Waals surface area contributed by atoms with E-state index in [0.717, 1.165) is 58.2 Å². The largest absolute Gasteiger partial charge is 0.379 e. The van der Waals surface area contributed by atoms with Crippen molar-refractivity contribution in [2.24, 2.45) is 4.99 Å². The Balaban J connectivity index is 1.43. The van der Waals surface area contributed by atoms with Crippen molar-refractivity contribution in [2.75, 3.05) is 39.9 Å². The van der Waals surface area contributed by atoms with E-state index >= 15 is 0 Å². The Bertz CT molecular complexity index is 637. The number of morpholine rings is 1. The zero-order chi connectivity index (χ0) is 20.6. The molecule has 2 aliphatic rings. The highest BCUT2D eigenvalue weighted by Crippen LogP contribution is 2.20. The Hall–Kier alpha value is -1.63. The van der Waals surface area contributed by atoms with E-state index in [4.69, 9.17) is 4.74 Å². The molecule has 2 saturated heterocycles. The van der Waals surface area contributed by atoms with Gasteiger partial charge in [-0.15, -0.1) is 0 Å². The van der Waals surface area contributed by atoms with Crippen LogP contribution in [0.2, 0.25) is 0 Å². The lowest BCUT2D eigenvalue weighted by Crippen LogP contribution is -2.55. The number of nitrogens with zero attached hydrogens (tertiary/aromatic N) is 3. The third-order valence-electron chi connectivity index (χ3n) is 6.36. The van der Waals surface area contributed by atoms with Crippen LogP contribution < -0.4 is 10.6 Å². The van der Waals surface area contributed by atoms with Gasteiger partial charge in [-0.1, -0.05) is 30.3 Å². The van der Waals surface area contributed by atoms with Crippen LogP contribution in [0, 0.1) is 0 Å². The van der Waals surface area contributed by atoms with E-state index in [-0.39, 0.29) is 0 Å². The van der Waals surface area contributed by atoms with Gasteiger partial charge in [-0.3, -0.25) is 14.8 Å². The summed E-state index contributed by atoms with van der Waals surface area (Å²) in [7, 11) is 1.87. The molecule has 2 fully saturated rings. The maximum atomic E-state index is 5.56. The molecule has 0 aromatic heterocycles. The maximum absolute atomic E-state index is 5.56. The van der Waals surface area contributed by atoms with Crippen molar-refractivity contribution in [1.29, 1.82) is 0 Å². The quantitative estimate of drug-likeness (QED) is 0.566. The predicted octanol–water partition coefficient (Wildman–Crippen LogP) is 2.31. The minimum atomic E-state index is 0.457. The van der Waals surface area contributed by atoms with Crippen LogP contribution in [-0.4, -0.2) is 79.8 Å². The number of nitrogens with one attached hydrogen (secondary N) is 2. The van der Waals surface area contributed by atoms with Gasteiger partial charge < -0.3 is 15.4 Å². The zero-order valence-electron chi connectivity index (χ0n) is 18.6. The van der Waals surface area contributed by atoms with Crippen LogP contribution in [0.3, 0.4) is 0 Å². The van der Waals surface area contributed by atoms with E-state index in [9.17, 15) is 0 Å². The SMILES string of the molecule is CN=C(NCC(C)N1CCOCC1C)NC1CCN(Cc2ccccc2)C(C)C1. The van der Waals surface area contributed by atoms with Crippen molar-refractivity contribution in [3.8, 4) is 0 Å². The second kappa shape index (κ2) is 11.0. The summed E-state index contributed by atoms with van der Waals surface area (Å²) in [5, 5.41) is 7.20. The molecule has 1 aromatic carbocycles. The number of guanidine groups is 1. The lowest BCUT2D eigenvalue weighted by molar-refractivity contribution is -0.0174. The predicted molar refractivity (Wildman–Crippen MR) is 120 cm³/mol. The highest BCUT2D eigenvalue weighted by Gasteiger charge is 2.27. The molecular weight excluding hydrogens is 362 g/mol. The molecule has 4 unspecified atom stereocenters.